The van der Waals surface area contributed by atoms with Gasteiger partial charge in [0.15, 0.2) is 5.96 Å². The molecule has 2 rings (SSSR count). The van der Waals surface area contributed by atoms with Gasteiger partial charge in [0.05, 0.1) is 0 Å². The number of carbonyl (C=O) groups is 1. The molecule has 0 unspecified atom stereocenters. The van der Waals surface area contributed by atoms with Gasteiger partial charge in [0.1, 0.15) is 0 Å². The summed E-state index contributed by atoms with van der Waals surface area (Å²) >= 11 is 0. The molecule has 1 amide bonds. The minimum atomic E-state index is -0.0462. The molecule has 1 fully saturated rings. The molecular formula is C20H32N4O. The number of hydrogen-bond acceptors (Lipinski definition) is 2. The first-order chi connectivity index (χ1) is 12.1. The quantitative estimate of drug-likeness (QED) is 0.502. The summed E-state index contributed by atoms with van der Waals surface area (Å²) in [5.74, 6) is 0.847. The van der Waals surface area contributed by atoms with E-state index >= 15 is 0 Å². The molecule has 0 bridgehead atoms. The highest BCUT2D eigenvalue weighted by Crippen LogP contribution is 2.43. The standard InChI is InChI=1S/C20H32N4O/c1-4-20(11-7-12-20)15-24-19(22-5-2)23-13-10-16-8-6-9-17(14-16)18(25)21-3/h6,8-9,14H,4-5,7,10-13,15H2,1-3H3,(H,21,25)(H2,22,23,24). The van der Waals surface area contributed by atoms with Gasteiger partial charge in [-0.05, 0) is 55.7 Å². The predicted octanol–water partition coefficient (Wildman–Crippen LogP) is 2.72. The van der Waals surface area contributed by atoms with E-state index in [4.69, 9.17) is 4.99 Å². The van der Waals surface area contributed by atoms with Crippen molar-refractivity contribution in [1.29, 1.82) is 0 Å². The van der Waals surface area contributed by atoms with Gasteiger partial charge in [-0.1, -0.05) is 25.5 Å². The van der Waals surface area contributed by atoms with Crippen LogP contribution in [0, 0.1) is 5.41 Å². The van der Waals surface area contributed by atoms with Crippen molar-refractivity contribution in [3.63, 3.8) is 0 Å². The van der Waals surface area contributed by atoms with Gasteiger partial charge in [-0.3, -0.25) is 9.79 Å². The Hall–Kier alpha value is -2.04. The van der Waals surface area contributed by atoms with Crippen LogP contribution in [0.5, 0.6) is 0 Å². The van der Waals surface area contributed by atoms with Gasteiger partial charge in [0.25, 0.3) is 5.91 Å². The topological polar surface area (TPSA) is 65.5 Å². The molecule has 0 aliphatic heterocycles. The second-order valence-corrected chi connectivity index (χ2v) is 6.86. The summed E-state index contributed by atoms with van der Waals surface area (Å²) in [4.78, 5) is 16.5. The van der Waals surface area contributed by atoms with E-state index in [-0.39, 0.29) is 5.91 Å². The van der Waals surface area contributed by atoms with E-state index in [0.717, 1.165) is 37.6 Å². The zero-order valence-corrected chi connectivity index (χ0v) is 15.8. The Bertz CT molecular complexity index is 588. The molecule has 3 N–H and O–H groups in total. The first kappa shape index (κ1) is 19.3. The Morgan fingerprint density at radius 3 is 2.64 bits per heavy atom. The fourth-order valence-corrected chi connectivity index (χ4v) is 3.23. The second kappa shape index (κ2) is 9.44. The maximum absolute atomic E-state index is 11.7. The van der Waals surface area contributed by atoms with Crippen LogP contribution < -0.4 is 16.0 Å². The van der Waals surface area contributed by atoms with Crippen LogP contribution in [0.3, 0.4) is 0 Å². The summed E-state index contributed by atoms with van der Waals surface area (Å²) in [6.45, 7) is 6.92. The lowest BCUT2D eigenvalue weighted by Crippen LogP contribution is -2.40. The van der Waals surface area contributed by atoms with E-state index in [1.165, 1.54) is 25.7 Å². The third kappa shape index (κ3) is 5.48. The van der Waals surface area contributed by atoms with Crippen molar-refractivity contribution < 1.29 is 4.79 Å². The number of hydrogen-bond donors (Lipinski definition) is 3. The number of nitrogens with one attached hydrogen (secondary N) is 3. The van der Waals surface area contributed by atoms with Gasteiger partial charge in [-0.15, -0.1) is 0 Å². The van der Waals surface area contributed by atoms with Gasteiger partial charge in [0, 0.05) is 32.2 Å². The number of aliphatic imine (C=N–C) groups is 1. The lowest BCUT2D eigenvalue weighted by molar-refractivity contribution is 0.0963. The number of carbonyl (C=O) groups excluding carboxylic acids is 1. The summed E-state index contributed by atoms with van der Waals surface area (Å²) in [6, 6.07) is 7.77. The summed E-state index contributed by atoms with van der Waals surface area (Å²) in [5, 5.41) is 9.41. The SMILES string of the molecule is CCNC(=NCC1(CC)CCC1)NCCc1cccc(C(=O)NC)c1. The molecule has 1 aromatic carbocycles. The average molecular weight is 345 g/mol. The summed E-state index contributed by atoms with van der Waals surface area (Å²) in [5.41, 5.74) is 2.29. The zero-order chi connectivity index (χ0) is 18.1. The number of nitrogens with zero attached hydrogens (tertiary/aromatic N) is 1. The molecule has 1 aliphatic carbocycles. The van der Waals surface area contributed by atoms with E-state index in [0.29, 0.717) is 11.0 Å². The normalized spacial score (nSPS) is 16.0. The number of rotatable bonds is 8. The van der Waals surface area contributed by atoms with Crippen molar-refractivity contribution in [2.45, 2.75) is 46.0 Å². The Kier molecular flexibility index (Phi) is 7.29. The van der Waals surface area contributed by atoms with Crippen molar-refractivity contribution >= 4 is 11.9 Å². The lowest BCUT2D eigenvalue weighted by Gasteiger charge is -2.40. The van der Waals surface area contributed by atoms with Crippen molar-refractivity contribution in [2.75, 3.05) is 26.7 Å². The van der Waals surface area contributed by atoms with Crippen LogP contribution >= 0.6 is 0 Å². The zero-order valence-electron chi connectivity index (χ0n) is 15.8. The highest BCUT2D eigenvalue weighted by molar-refractivity contribution is 5.94. The summed E-state index contributed by atoms with van der Waals surface area (Å²) in [6.07, 6.45) is 6.02. The molecule has 0 aromatic heterocycles. The molecule has 5 heteroatoms. The van der Waals surface area contributed by atoms with Crippen LogP contribution in [0.2, 0.25) is 0 Å². The van der Waals surface area contributed by atoms with Crippen molar-refractivity contribution in [3.8, 4) is 0 Å². The van der Waals surface area contributed by atoms with Crippen LogP contribution in [0.25, 0.3) is 0 Å². The Morgan fingerprint density at radius 1 is 1.24 bits per heavy atom. The van der Waals surface area contributed by atoms with Crippen molar-refractivity contribution in [2.24, 2.45) is 10.4 Å². The molecule has 25 heavy (non-hydrogen) atoms. The van der Waals surface area contributed by atoms with Gasteiger partial charge in [-0.25, -0.2) is 0 Å². The number of amides is 1. The highest BCUT2D eigenvalue weighted by Gasteiger charge is 2.34. The third-order valence-electron chi connectivity index (χ3n) is 5.20. The van der Waals surface area contributed by atoms with E-state index in [1.807, 2.05) is 18.2 Å². The monoisotopic (exact) mass is 344 g/mol. The molecule has 0 heterocycles. The van der Waals surface area contributed by atoms with Crippen LogP contribution in [-0.4, -0.2) is 38.5 Å². The van der Waals surface area contributed by atoms with Crippen LogP contribution in [0.4, 0.5) is 0 Å². The maximum Gasteiger partial charge on any atom is 0.251 e. The number of benzene rings is 1. The van der Waals surface area contributed by atoms with Gasteiger partial charge in [-0.2, -0.15) is 0 Å². The minimum absolute atomic E-state index is 0.0462. The van der Waals surface area contributed by atoms with Crippen LogP contribution in [-0.2, 0) is 6.42 Å². The predicted molar refractivity (Wildman–Crippen MR) is 104 cm³/mol. The van der Waals surface area contributed by atoms with Gasteiger partial charge < -0.3 is 16.0 Å². The molecule has 138 valence electrons. The Balaban J connectivity index is 1.87. The molecule has 5 nitrogen and oxygen atoms in total. The van der Waals surface area contributed by atoms with Crippen molar-refractivity contribution in [1.82, 2.24) is 16.0 Å². The van der Waals surface area contributed by atoms with E-state index in [2.05, 4.69) is 35.9 Å². The maximum atomic E-state index is 11.7. The van der Waals surface area contributed by atoms with E-state index < -0.39 is 0 Å². The fourth-order valence-electron chi connectivity index (χ4n) is 3.23. The molecule has 0 spiro atoms. The fraction of sp³-hybridized carbons (Fsp3) is 0.600. The highest BCUT2D eigenvalue weighted by atomic mass is 16.1. The van der Waals surface area contributed by atoms with E-state index in [1.54, 1.807) is 7.05 Å². The molecule has 1 saturated carbocycles. The van der Waals surface area contributed by atoms with Gasteiger partial charge >= 0.3 is 0 Å². The van der Waals surface area contributed by atoms with Gasteiger partial charge in [0.2, 0.25) is 0 Å². The van der Waals surface area contributed by atoms with Crippen LogP contribution in [0.15, 0.2) is 29.3 Å². The summed E-state index contributed by atoms with van der Waals surface area (Å²) < 4.78 is 0. The largest absolute Gasteiger partial charge is 0.357 e. The second-order valence-electron chi connectivity index (χ2n) is 6.86. The molecule has 0 atom stereocenters. The van der Waals surface area contributed by atoms with Crippen molar-refractivity contribution in [3.05, 3.63) is 35.4 Å². The number of guanidine groups is 1. The molecule has 1 aliphatic rings. The molecule has 0 radical (unpaired) electrons. The van der Waals surface area contributed by atoms with E-state index in [9.17, 15) is 4.79 Å². The average Bonchev–Trinajstić information content (AvgIpc) is 2.60. The lowest BCUT2D eigenvalue weighted by atomic mass is 9.67. The Morgan fingerprint density at radius 2 is 2.04 bits per heavy atom. The molecule has 0 saturated heterocycles. The minimum Gasteiger partial charge on any atom is -0.357 e. The summed E-state index contributed by atoms with van der Waals surface area (Å²) in [7, 11) is 1.65. The Labute approximate surface area is 151 Å². The first-order valence-electron chi connectivity index (χ1n) is 9.45. The third-order valence-corrected chi connectivity index (χ3v) is 5.20. The molecular weight excluding hydrogens is 312 g/mol. The van der Waals surface area contributed by atoms with Crippen LogP contribution in [0.1, 0.15) is 55.5 Å². The smallest absolute Gasteiger partial charge is 0.251 e. The first-order valence-corrected chi connectivity index (χ1v) is 9.45. The molecule has 1 aromatic rings.